The van der Waals surface area contributed by atoms with Gasteiger partial charge in [-0.15, -0.1) is 0 Å². The number of aromatic nitrogens is 2. The van der Waals surface area contributed by atoms with E-state index in [0.29, 0.717) is 48.8 Å². The molecule has 3 amide bonds. The van der Waals surface area contributed by atoms with Crippen LogP contribution in [0.3, 0.4) is 0 Å². The van der Waals surface area contributed by atoms with E-state index in [-0.39, 0.29) is 24.3 Å². The lowest BCUT2D eigenvalue weighted by Crippen LogP contribution is -2.49. The van der Waals surface area contributed by atoms with Crippen LogP contribution in [0, 0.1) is 0 Å². The first kappa shape index (κ1) is 19.9. The maximum absolute atomic E-state index is 12.9. The number of imide groups is 1. The molecular formula is C24H21N5O3. The predicted octanol–water partition coefficient (Wildman–Crippen LogP) is 2.24. The standard InChI is InChI=1S/C24H21N5O3/c30-21(27-12-14-28(15-13-27)24-25-10-3-11-26-24)18-8-6-17(7-9-18)16-29-22(31)19-4-1-2-5-20(19)23(29)32/h1-11H,12-16H2. The van der Waals surface area contributed by atoms with E-state index in [0.717, 1.165) is 5.56 Å². The van der Waals surface area contributed by atoms with Crippen LogP contribution in [0.5, 0.6) is 0 Å². The molecule has 0 radical (unpaired) electrons. The van der Waals surface area contributed by atoms with Gasteiger partial charge in [0.05, 0.1) is 17.7 Å². The SMILES string of the molecule is O=C(c1ccc(CN2C(=O)c3ccccc3C2=O)cc1)N1CCN(c2ncccn2)CC1. The Hall–Kier alpha value is -4.07. The Bertz CT molecular complexity index is 1140. The summed E-state index contributed by atoms with van der Waals surface area (Å²) in [7, 11) is 0. The molecule has 32 heavy (non-hydrogen) atoms. The molecular weight excluding hydrogens is 406 g/mol. The van der Waals surface area contributed by atoms with Gasteiger partial charge in [-0.05, 0) is 35.9 Å². The average molecular weight is 427 g/mol. The molecule has 8 nitrogen and oxygen atoms in total. The van der Waals surface area contributed by atoms with E-state index < -0.39 is 0 Å². The van der Waals surface area contributed by atoms with E-state index in [9.17, 15) is 14.4 Å². The van der Waals surface area contributed by atoms with Crippen LogP contribution in [-0.4, -0.2) is 63.7 Å². The van der Waals surface area contributed by atoms with E-state index >= 15 is 0 Å². The van der Waals surface area contributed by atoms with Crippen molar-refractivity contribution in [3.8, 4) is 0 Å². The number of carbonyl (C=O) groups excluding carboxylic acids is 3. The fourth-order valence-electron chi connectivity index (χ4n) is 4.06. The van der Waals surface area contributed by atoms with Gasteiger partial charge in [0.15, 0.2) is 0 Å². The highest BCUT2D eigenvalue weighted by molar-refractivity contribution is 6.21. The molecule has 0 saturated carbocycles. The molecule has 160 valence electrons. The minimum Gasteiger partial charge on any atom is -0.337 e. The van der Waals surface area contributed by atoms with Crippen molar-refractivity contribution < 1.29 is 14.4 Å². The van der Waals surface area contributed by atoms with Crippen molar-refractivity contribution in [3.05, 3.63) is 89.2 Å². The number of amides is 3. The van der Waals surface area contributed by atoms with Crippen molar-refractivity contribution >= 4 is 23.7 Å². The van der Waals surface area contributed by atoms with E-state index in [2.05, 4.69) is 14.9 Å². The quantitative estimate of drug-likeness (QED) is 0.594. The van der Waals surface area contributed by atoms with E-state index in [1.165, 1.54) is 4.90 Å². The zero-order chi connectivity index (χ0) is 22.1. The average Bonchev–Trinajstić information content (AvgIpc) is 3.10. The second-order valence-corrected chi connectivity index (χ2v) is 7.77. The van der Waals surface area contributed by atoms with Gasteiger partial charge in [0.25, 0.3) is 17.7 Å². The predicted molar refractivity (Wildman–Crippen MR) is 117 cm³/mol. The number of benzene rings is 2. The Morgan fingerprint density at radius 1 is 0.781 bits per heavy atom. The molecule has 3 heterocycles. The number of nitrogens with zero attached hydrogens (tertiary/aromatic N) is 5. The Balaban J connectivity index is 1.21. The Morgan fingerprint density at radius 2 is 1.38 bits per heavy atom. The highest BCUT2D eigenvalue weighted by Crippen LogP contribution is 2.24. The summed E-state index contributed by atoms with van der Waals surface area (Å²) in [6, 6.07) is 15.7. The normalized spacial score (nSPS) is 15.8. The minimum absolute atomic E-state index is 0.0362. The second kappa shape index (κ2) is 8.22. The number of piperazine rings is 1. The zero-order valence-electron chi connectivity index (χ0n) is 17.3. The molecule has 2 aliphatic rings. The van der Waals surface area contributed by atoms with Gasteiger partial charge in [0.1, 0.15) is 0 Å². The van der Waals surface area contributed by atoms with Gasteiger partial charge in [0.2, 0.25) is 5.95 Å². The topological polar surface area (TPSA) is 86.7 Å². The molecule has 0 N–H and O–H groups in total. The number of hydrogen-bond acceptors (Lipinski definition) is 6. The maximum atomic E-state index is 12.9. The number of hydrogen-bond donors (Lipinski definition) is 0. The number of fused-ring (bicyclic) bond motifs is 1. The lowest BCUT2D eigenvalue weighted by Gasteiger charge is -2.34. The first-order chi connectivity index (χ1) is 15.6. The van der Waals surface area contributed by atoms with Gasteiger partial charge >= 0.3 is 0 Å². The monoisotopic (exact) mass is 427 g/mol. The van der Waals surface area contributed by atoms with Crippen LogP contribution >= 0.6 is 0 Å². The molecule has 1 saturated heterocycles. The molecule has 0 spiro atoms. The van der Waals surface area contributed by atoms with Gasteiger partial charge in [-0.2, -0.15) is 0 Å². The van der Waals surface area contributed by atoms with Gasteiger partial charge in [-0.3, -0.25) is 19.3 Å². The summed E-state index contributed by atoms with van der Waals surface area (Å²) in [6.07, 6.45) is 3.42. The van der Waals surface area contributed by atoms with Crippen molar-refractivity contribution in [2.75, 3.05) is 31.1 Å². The third kappa shape index (κ3) is 3.60. The molecule has 0 atom stereocenters. The lowest BCUT2D eigenvalue weighted by molar-refractivity contribution is 0.0640. The highest BCUT2D eigenvalue weighted by atomic mass is 16.2. The van der Waals surface area contributed by atoms with Crippen LogP contribution < -0.4 is 4.90 Å². The molecule has 8 heteroatoms. The van der Waals surface area contributed by atoms with Gasteiger partial charge in [-0.25, -0.2) is 9.97 Å². The number of rotatable bonds is 4. The first-order valence-electron chi connectivity index (χ1n) is 10.5. The van der Waals surface area contributed by atoms with Crippen molar-refractivity contribution in [2.24, 2.45) is 0 Å². The van der Waals surface area contributed by atoms with Crippen LogP contribution in [0.25, 0.3) is 0 Å². The fourth-order valence-corrected chi connectivity index (χ4v) is 4.06. The van der Waals surface area contributed by atoms with Gasteiger partial charge in [0, 0.05) is 44.1 Å². The van der Waals surface area contributed by atoms with Gasteiger partial charge < -0.3 is 9.80 Å². The summed E-state index contributed by atoms with van der Waals surface area (Å²) in [5.74, 6) is 0.0695. The largest absolute Gasteiger partial charge is 0.337 e. The van der Waals surface area contributed by atoms with Crippen LogP contribution in [0.2, 0.25) is 0 Å². The molecule has 2 aromatic carbocycles. The highest BCUT2D eigenvalue weighted by Gasteiger charge is 2.35. The molecule has 0 aliphatic carbocycles. The Kier molecular flexibility index (Phi) is 5.10. The van der Waals surface area contributed by atoms with Crippen LogP contribution in [0.15, 0.2) is 67.0 Å². The summed E-state index contributed by atoms with van der Waals surface area (Å²) in [5.41, 5.74) is 2.25. The molecule has 5 rings (SSSR count). The Labute approximate surface area is 185 Å². The maximum Gasteiger partial charge on any atom is 0.261 e. The van der Waals surface area contributed by atoms with Crippen LogP contribution in [0.1, 0.15) is 36.6 Å². The van der Waals surface area contributed by atoms with E-state index in [4.69, 9.17) is 0 Å². The zero-order valence-corrected chi connectivity index (χ0v) is 17.3. The van der Waals surface area contributed by atoms with Crippen molar-refractivity contribution in [1.29, 1.82) is 0 Å². The molecule has 0 unspecified atom stereocenters. The van der Waals surface area contributed by atoms with E-state index in [1.54, 1.807) is 67.0 Å². The minimum atomic E-state index is -0.286. The first-order valence-corrected chi connectivity index (χ1v) is 10.5. The number of anilines is 1. The summed E-state index contributed by atoms with van der Waals surface area (Å²) in [4.78, 5) is 51.7. The van der Waals surface area contributed by atoms with Gasteiger partial charge in [-0.1, -0.05) is 24.3 Å². The van der Waals surface area contributed by atoms with Crippen LogP contribution in [0.4, 0.5) is 5.95 Å². The molecule has 1 aromatic heterocycles. The second-order valence-electron chi connectivity index (χ2n) is 7.77. The summed E-state index contributed by atoms with van der Waals surface area (Å²) in [6.45, 7) is 2.71. The molecule has 3 aromatic rings. The van der Waals surface area contributed by atoms with Crippen molar-refractivity contribution in [3.63, 3.8) is 0 Å². The van der Waals surface area contributed by atoms with E-state index in [1.807, 2.05) is 4.90 Å². The smallest absolute Gasteiger partial charge is 0.261 e. The summed E-state index contributed by atoms with van der Waals surface area (Å²) in [5, 5.41) is 0. The van der Waals surface area contributed by atoms with Crippen molar-refractivity contribution in [2.45, 2.75) is 6.54 Å². The van der Waals surface area contributed by atoms with Crippen molar-refractivity contribution in [1.82, 2.24) is 19.8 Å². The molecule has 1 fully saturated rings. The summed E-state index contributed by atoms with van der Waals surface area (Å²) < 4.78 is 0. The molecule has 2 aliphatic heterocycles. The third-order valence-electron chi connectivity index (χ3n) is 5.82. The fraction of sp³-hybridized carbons (Fsp3) is 0.208. The number of carbonyl (C=O) groups is 3. The Morgan fingerprint density at radius 3 is 1.97 bits per heavy atom. The lowest BCUT2D eigenvalue weighted by atomic mass is 10.1. The third-order valence-corrected chi connectivity index (χ3v) is 5.82. The summed E-state index contributed by atoms with van der Waals surface area (Å²) >= 11 is 0. The molecule has 0 bridgehead atoms. The van der Waals surface area contributed by atoms with Crippen LogP contribution in [-0.2, 0) is 6.54 Å².